The van der Waals surface area contributed by atoms with Crippen LogP contribution in [0.15, 0.2) is 0 Å². The van der Waals surface area contributed by atoms with Gasteiger partial charge in [0.2, 0.25) is 0 Å². The first-order chi connectivity index (χ1) is 5.05. The molecule has 0 aliphatic heterocycles. The molecule has 0 saturated heterocycles. The van der Waals surface area contributed by atoms with E-state index in [1.165, 1.54) is 19.3 Å². The first-order valence-corrected chi connectivity index (χ1v) is 8.24. The van der Waals surface area contributed by atoms with Gasteiger partial charge in [-0.2, -0.15) is 0 Å². The summed E-state index contributed by atoms with van der Waals surface area (Å²) in [6.07, 6.45) is 4.14. The molecule has 1 nitrogen and oxygen atoms in total. The van der Waals surface area contributed by atoms with Gasteiger partial charge in [0, 0.05) is 6.61 Å². The van der Waals surface area contributed by atoms with Crippen LogP contribution in [-0.4, -0.2) is 19.8 Å². The van der Waals surface area contributed by atoms with Gasteiger partial charge in [-0.1, -0.05) is 38.9 Å². The Morgan fingerprint density at radius 3 is 2.00 bits per heavy atom. The molecule has 1 aliphatic rings. The Labute approximate surface area is 70.8 Å². The minimum Gasteiger partial charge on any atom is -0.396 e. The molecule has 1 aliphatic carbocycles. The molecule has 0 spiro atoms. The minimum absolute atomic E-state index is 0.431. The molecular formula is C9H20OSi. The molecule has 1 fully saturated rings. The molecule has 0 radical (unpaired) electrons. The Morgan fingerprint density at radius 1 is 1.36 bits per heavy atom. The van der Waals surface area contributed by atoms with Crippen molar-refractivity contribution in [1.29, 1.82) is 0 Å². The van der Waals surface area contributed by atoms with E-state index in [-0.39, 0.29) is 0 Å². The van der Waals surface area contributed by atoms with Crippen molar-refractivity contribution in [2.75, 3.05) is 6.61 Å². The molecule has 66 valence electrons. The zero-order valence-corrected chi connectivity index (χ0v) is 8.93. The van der Waals surface area contributed by atoms with Crippen molar-refractivity contribution in [3.05, 3.63) is 0 Å². The molecular weight excluding hydrogens is 152 g/mol. The van der Waals surface area contributed by atoms with E-state index in [4.69, 9.17) is 0 Å². The Morgan fingerprint density at radius 2 is 1.91 bits per heavy atom. The quantitative estimate of drug-likeness (QED) is 0.648. The van der Waals surface area contributed by atoms with E-state index in [0.717, 1.165) is 5.92 Å². The van der Waals surface area contributed by atoms with Crippen LogP contribution >= 0.6 is 0 Å². The highest BCUT2D eigenvalue weighted by atomic mass is 28.3. The molecule has 2 heteroatoms. The molecule has 1 atom stereocenters. The van der Waals surface area contributed by atoms with Crippen molar-refractivity contribution in [2.24, 2.45) is 5.92 Å². The standard InChI is InChI=1S/C9H20OSi/c1-11(2,3)9(7-10)8-5-4-6-8/h8-10H,4-7H2,1-3H3. The van der Waals surface area contributed by atoms with Gasteiger partial charge in [0.25, 0.3) is 0 Å². The van der Waals surface area contributed by atoms with E-state index in [2.05, 4.69) is 19.6 Å². The summed E-state index contributed by atoms with van der Waals surface area (Å²) in [6, 6.07) is 0. The van der Waals surface area contributed by atoms with E-state index < -0.39 is 8.07 Å². The van der Waals surface area contributed by atoms with Gasteiger partial charge in [0.05, 0.1) is 8.07 Å². The molecule has 0 aromatic rings. The fraction of sp³-hybridized carbons (Fsp3) is 1.00. The summed E-state index contributed by atoms with van der Waals surface area (Å²) in [6.45, 7) is 7.53. The van der Waals surface area contributed by atoms with E-state index >= 15 is 0 Å². The fourth-order valence-corrected chi connectivity index (χ4v) is 4.27. The fourth-order valence-electron chi connectivity index (χ4n) is 1.97. The zero-order valence-electron chi connectivity index (χ0n) is 7.93. The van der Waals surface area contributed by atoms with Gasteiger partial charge < -0.3 is 5.11 Å². The monoisotopic (exact) mass is 172 g/mol. The maximum atomic E-state index is 9.23. The van der Waals surface area contributed by atoms with Crippen molar-refractivity contribution in [3.8, 4) is 0 Å². The molecule has 1 rings (SSSR count). The van der Waals surface area contributed by atoms with Crippen molar-refractivity contribution in [3.63, 3.8) is 0 Å². The second-order valence-electron chi connectivity index (χ2n) is 4.85. The Balaban J connectivity index is 2.48. The first-order valence-electron chi connectivity index (χ1n) is 4.66. The highest BCUT2D eigenvalue weighted by molar-refractivity contribution is 6.77. The van der Waals surface area contributed by atoms with Crippen LogP contribution in [0.1, 0.15) is 19.3 Å². The normalized spacial score (nSPS) is 22.9. The smallest absolute Gasteiger partial charge is 0.0503 e. The lowest BCUT2D eigenvalue weighted by Gasteiger charge is -2.39. The first kappa shape index (κ1) is 9.27. The number of hydrogen-bond donors (Lipinski definition) is 1. The Bertz CT molecular complexity index is 124. The second kappa shape index (κ2) is 3.28. The van der Waals surface area contributed by atoms with Crippen LogP contribution in [0.3, 0.4) is 0 Å². The van der Waals surface area contributed by atoms with Gasteiger partial charge >= 0.3 is 0 Å². The average molecular weight is 172 g/mol. The van der Waals surface area contributed by atoms with E-state index in [9.17, 15) is 5.11 Å². The van der Waals surface area contributed by atoms with E-state index in [0.29, 0.717) is 12.1 Å². The lowest BCUT2D eigenvalue weighted by Crippen LogP contribution is -2.38. The van der Waals surface area contributed by atoms with Gasteiger partial charge in [-0.15, -0.1) is 0 Å². The van der Waals surface area contributed by atoms with E-state index in [1.807, 2.05) is 0 Å². The molecule has 11 heavy (non-hydrogen) atoms. The number of rotatable bonds is 3. The highest BCUT2D eigenvalue weighted by Gasteiger charge is 2.35. The van der Waals surface area contributed by atoms with Crippen molar-refractivity contribution >= 4 is 8.07 Å². The third-order valence-electron chi connectivity index (χ3n) is 3.03. The van der Waals surface area contributed by atoms with Gasteiger partial charge in [-0.05, 0) is 11.5 Å². The number of aliphatic hydroxyl groups excluding tert-OH is 1. The summed E-state index contributed by atoms with van der Waals surface area (Å²) in [7, 11) is -1.07. The third-order valence-corrected chi connectivity index (χ3v) is 5.91. The van der Waals surface area contributed by atoms with Gasteiger partial charge in [-0.3, -0.25) is 0 Å². The topological polar surface area (TPSA) is 20.2 Å². The van der Waals surface area contributed by atoms with Crippen molar-refractivity contribution in [2.45, 2.75) is 44.4 Å². The van der Waals surface area contributed by atoms with Crippen LogP contribution in [0.25, 0.3) is 0 Å². The lowest BCUT2D eigenvalue weighted by molar-refractivity contribution is 0.203. The summed E-state index contributed by atoms with van der Waals surface area (Å²) in [5, 5.41) is 9.23. The molecule has 1 saturated carbocycles. The maximum Gasteiger partial charge on any atom is 0.0503 e. The van der Waals surface area contributed by atoms with Gasteiger partial charge in [-0.25, -0.2) is 0 Å². The lowest BCUT2D eigenvalue weighted by atomic mass is 9.83. The summed E-state index contributed by atoms with van der Waals surface area (Å²) in [5.41, 5.74) is 0.663. The second-order valence-corrected chi connectivity index (χ2v) is 10.3. The maximum absolute atomic E-state index is 9.23. The molecule has 0 aromatic carbocycles. The Hall–Kier alpha value is 0.177. The van der Waals surface area contributed by atoms with Crippen LogP contribution in [-0.2, 0) is 0 Å². The SMILES string of the molecule is C[Si](C)(C)C(CO)C1CCC1. The van der Waals surface area contributed by atoms with Gasteiger partial charge in [0.1, 0.15) is 0 Å². The molecule has 1 unspecified atom stereocenters. The average Bonchev–Trinajstić information content (AvgIpc) is 1.74. The van der Waals surface area contributed by atoms with Crippen LogP contribution < -0.4 is 0 Å². The number of hydrogen-bond acceptors (Lipinski definition) is 1. The van der Waals surface area contributed by atoms with Crippen molar-refractivity contribution in [1.82, 2.24) is 0 Å². The van der Waals surface area contributed by atoms with Crippen molar-refractivity contribution < 1.29 is 5.11 Å². The molecule has 0 bridgehead atoms. The van der Waals surface area contributed by atoms with Crippen LogP contribution in [0.2, 0.25) is 25.2 Å². The highest BCUT2D eigenvalue weighted by Crippen LogP contribution is 2.41. The summed E-state index contributed by atoms with van der Waals surface area (Å²) >= 11 is 0. The largest absolute Gasteiger partial charge is 0.396 e. The van der Waals surface area contributed by atoms with E-state index in [1.54, 1.807) is 0 Å². The molecule has 0 amide bonds. The minimum atomic E-state index is -1.07. The predicted octanol–water partition coefficient (Wildman–Crippen LogP) is 2.49. The van der Waals surface area contributed by atoms with Gasteiger partial charge in [0.15, 0.2) is 0 Å². The summed E-state index contributed by atoms with van der Waals surface area (Å²) in [4.78, 5) is 0. The summed E-state index contributed by atoms with van der Waals surface area (Å²) in [5.74, 6) is 0.867. The Kier molecular flexibility index (Phi) is 2.76. The molecule has 1 N–H and O–H groups in total. The van der Waals surface area contributed by atoms with Crippen LogP contribution in [0, 0.1) is 5.92 Å². The van der Waals surface area contributed by atoms with Crippen LogP contribution in [0.5, 0.6) is 0 Å². The molecule has 0 heterocycles. The summed E-state index contributed by atoms with van der Waals surface area (Å²) < 4.78 is 0. The zero-order chi connectivity index (χ0) is 8.48. The predicted molar refractivity (Wildman–Crippen MR) is 51.5 cm³/mol. The molecule has 0 aromatic heterocycles. The number of aliphatic hydroxyl groups is 1. The third kappa shape index (κ3) is 2.06. The van der Waals surface area contributed by atoms with Crippen LogP contribution in [0.4, 0.5) is 0 Å².